The predicted molar refractivity (Wildman–Crippen MR) is 93.9 cm³/mol. The van der Waals surface area contributed by atoms with Crippen molar-refractivity contribution in [1.29, 1.82) is 0 Å². The maximum atomic E-state index is 12.3. The molecule has 0 aliphatic heterocycles. The third kappa shape index (κ3) is 3.98. The molecule has 1 aromatic carbocycles. The third-order valence-corrected chi connectivity index (χ3v) is 3.55. The van der Waals surface area contributed by atoms with Gasteiger partial charge in [-0.25, -0.2) is 9.36 Å². The normalized spacial score (nSPS) is 10.4. The number of carbonyl (C=O) groups is 1. The highest BCUT2D eigenvalue weighted by atomic mass is 16.6. The number of anilines is 1. The second-order valence-corrected chi connectivity index (χ2v) is 5.33. The summed E-state index contributed by atoms with van der Waals surface area (Å²) in [5.74, 6) is 0.0147. The van der Waals surface area contributed by atoms with Gasteiger partial charge in [-0.1, -0.05) is 0 Å². The van der Waals surface area contributed by atoms with Crippen LogP contribution >= 0.6 is 0 Å². The van der Waals surface area contributed by atoms with Crippen LogP contribution in [0.3, 0.4) is 0 Å². The number of non-ortho nitro benzene ring substituents is 1. The van der Waals surface area contributed by atoms with Gasteiger partial charge in [-0.05, 0) is 18.2 Å². The number of nitro benzene ring substituents is 1. The highest BCUT2D eigenvalue weighted by Gasteiger charge is 2.15. The zero-order valence-corrected chi connectivity index (χ0v) is 14.1. The van der Waals surface area contributed by atoms with Crippen molar-refractivity contribution in [2.24, 2.45) is 0 Å². The number of carbonyl (C=O) groups excluding carboxylic acids is 1. The summed E-state index contributed by atoms with van der Waals surface area (Å²) in [4.78, 5) is 34.6. The highest BCUT2D eigenvalue weighted by Crippen LogP contribution is 2.28. The van der Waals surface area contributed by atoms with Crippen LogP contribution in [0, 0.1) is 10.1 Å². The molecule has 0 spiro atoms. The van der Waals surface area contributed by atoms with E-state index < -0.39 is 16.4 Å². The molecule has 0 saturated carbocycles. The Balaban J connectivity index is 1.82. The Kier molecular flexibility index (Phi) is 4.92. The van der Waals surface area contributed by atoms with Crippen LogP contribution in [0.15, 0.2) is 53.6 Å². The summed E-state index contributed by atoms with van der Waals surface area (Å²) in [7, 11) is 1.37. The van der Waals surface area contributed by atoms with Gasteiger partial charge in [0.25, 0.3) is 11.2 Å². The maximum absolute atomic E-state index is 12.3. The Labute approximate surface area is 152 Å². The summed E-state index contributed by atoms with van der Waals surface area (Å²) in [5.41, 5.74) is -0.567. The van der Waals surface area contributed by atoms with Crippen molar-refractivity contribution in [3.63, 3.8) is 0 Å². The SMILES string of the molecule is COc1ccc([N+](=O)[O-])cc1NC(=O)Cn1nc(-n2cccn2)ccc1=O. The lowest BCUT2D eigenvalue weighted by Crippen LogP contribution is -2.30. The van der Waals surface area contributed by atoms with Crippen molar-refractivity contribution in [3.05, 3.63) is 69.3 Å². The minimum absolute atomic E-state index is 0.118. The largest absolute Gasteiger partial charge is 0.495 e. The quantitative estimate of drug-likeness (QED) is 0.505. The van der Waals surface area contributed by atoms with Gasteiger partial charge in [0.2, 0.25) is 5.91 Å². The molecule has 0 atom stereocenters. The van der Waals surface area contributed by atoms with E-state index in [0.29, 0.717) is 5.82 Å². The Bertz CT molecular complexity index is 1040. The van der Waals surface area contributed by atoms with Crippen molar-refractivity contribution in [3.8, 4) is 11.6 Å². The molecule has 2 heterocycles. The van der Waals surface area contributed by atoms with Gasteiger partial charge in [-0.3, -0.25) is 19.7 Å². The summed E-state index contributed by atoms with van der Waals surface area (Å²) in [5, 5.41) is 21.5. The molecule has 3 aromatic rings. The first-order valence-electron chi connectivity index (χ1n) is 7.68. The minimum Gasteiger partial charge on any atom is -0.495 e. The number of amides is 1. The van der Waals surface area contributed by atoms with Crippen LogP contribution in [0.5, 0.6) is 5.75 Å². The van der Waals surface area contributed by atoms with E-state index in [1.54, 1.807) is 18.5 Å². The molecular formula is C16H14N6O5. The van der Waals surface area contributed by atoms with Crippen molar-refractivity contribution in [2.45, 2.75) is 6.54 Å². The van der Waals surface area contributed by atoms with Gasteiger partial charge >= 0.3 is 0 Å². The average Bonchev–Trinajstić information content (AvgIpc) is 3.18. The van der Waals surface area contributed by atoms with Crippen molar-refractivity contribution < 1.29 is 14.5 Å². The van der Waals surface area contributed by atoms with Crippen molar-refractivity contribution in [2.75, 3.05) is 12.4 Å². The minimum atomic E-state index is -0.596. The fourth-order valence-electron chi connectivity index (χ4n) is 2.31. The van der Waals surface area contributed by atoms with E-state index in [9.17, 15) is 19.7 Å². The fraction of sp³-hybridized carbons (Fsp3) is 0.125. The van der Waals surface area contributed by atoms with E-state index in [4.69, 9.17) is 4.74 Å². The van der Waals surface area contributed by atoms with E-state index >= 15 is 0 Å². The molecule has 27 heavy (non-hydrogen) atoms. The molecule has 11 nitrogen and oxygen atoms in total. The number of rotatable bonds is 6. The van der Waals surface area contributed by atoms with E-state index in [0.717, 1.165) is 4.68 Å². The summed E-state index contributed by atoms with van der Waals surface area (Å²) < 4.78 is 7.50. The monoisotopic (exact) mass is 370 g/mol. The number of ether oxygens (including phenoxy) is 1. The van der Waals surface area contributed by atoms with Gasteiger partial charge in [0.05, 0.1) is 17.7 Å². The Hall–Kier alpha value is -4.02. The van der Waals surface area contributed by atoms with Crippen molar-refractivity contribution in [1.82, 2.24) is 19.6 Å². The fourth-order valence-corrected chi connectivity index (χ4v) is 2.31. The molecule has 0 aliphatic carbocycles. The highest BCUT2D eigenvalue weighted by molar-refractivity contribution is 5.92. The number of benzene rings is 1. The first-order valence-corrected chi connectivity index (χ1v) is 7.68. The number of hydrogen-bond donors (Lipinski definition) is 1. The van der Waals surface area contributed by atoms with Crippen LogP contribution < -0.4 is 15.6 Å². The van der Waals surface area contributed by atoms with Gasteiger partial charge < -0.3 is 10.1 Å². The van der Waals surface area contributed by atoms with Gasteiger partial charge in [0.1, 0.15) is 12.3 Å². The van der Waals surface area contributed by atoms with Crippen LogP contribution in [0.25, 0.3) is 5.82 Å². The van der Waals surface area contributed by atoms with E-state index in [-0.39, 0.29) is 23.7 Å². The molecule has 0 bridgehead atoms. The Morgan fingerprint density at radius 3 is 2.81 bits per heavy atom. The smallest absolute Gasteiger partial charge is 0.271 e. The van der Waals surface area contributed by atoms with Crippen LogP contribution in [0.1, 0.15) is 0 Å². The topological polar surface area (TPSA) is 134 Å². The zero-order chi connectivity index (χ0) is 19.4. The second-order valence-electron chi connectivity index (χ2n) is 5.33. The molecule has 1 amide bonds. The van der Waals surface area contributed by atoms with Crippen LogP contribution in [0.2, 0.25) is 0 Å². The molecule has 1 N–H and O–H groups in total. The molecule has 0 unspecified atom stereocenters. The first kappa shape index (κ1) is 17.8. The first-order chi connectivity index (χ1) is 13.0. The van der Waals surface area contributed by atoms with Gasteiger partial charge in [0.15, 0.2) is 5.82 Å². The lowest BCUT2D eigenvalue weighted by atomic mass is 10.2. The average molecular weight is 370 g/mol. The number of nitrogens with zero attached hydrogens (tertiary/aromatic N) is 5. The molecule has 0 saturated heterocycles. The van der Waals surface area contributed by atoms with E-state index in [1.807, 2.05) is 0 Å². The Morgan fingerprint density at radius 2 is 2.15 bits per heavy atom. The van der Waals surface area contributed by atoms with Crippen LogP contribution in [0.4, 0.5) is 11.4 Å². The van der Waals surface area contributed by atoms with Crippen molar-refractivity contribution >= 4 is 17.3 Å². The van der Waals surface area contributed by atoms with Crippen LogP contribution in [-0.2, 0) is 11.3 Å². The predicted octanol–water partition coefficient (Wildman–Crippen LogP) is 0.984. The molecule has 0 radical (unpaired) electrons. The molecule has 11 heteroatoms. The number of hydrogen-bond acceptors (Lipinski definition) is 7. The summed E-state index contributed by atoms with van der Waals surface area (Å²) in [6, 6.07) is 8.24. The second kappa shape index (κ2) is 7.47. The third-order valence-electron chi connectivity index (χ3n) is 3.55. The lowest BCUT2D eigenvalue weighted by molar-refractivity contribution is -0.384. The summed E-state index contributed by atoms with van der Waals surface area (Å²) >= 11 is 0. The number of nitrogens with one attached hydrogen (secondary N) is 1. The molecular weight excluding hydrogens is 356 g/mol. The summed E-state index contributed by atoms with van der Waals surface area (Å²) in [6.07, 6.45) is 3.20. The van der Waals surface area contributed by atoms with Gasteiger partial charge in [-0.15, -0.1) is 5.10 Å². The maximum Gasteiger partial charge on any atom is 0.271 e. The number of nitro groups is 1. The molecule has 138 valence electrons. The molecule has 2 aromatic heterocycles. The Morgan fingerprint density at radius 1 is 1.33 bits per heavy atom. The molecule has 3 rings (SSSR count). The molecule has 0 aliphatic rings. The zero-order valence-electron chi connectivity index (χ0n) is 14.1. The van der Waals surface area contributed by atoms with E-state index in [1.165, 1.54) is 42.1 Å². The lowest BCUT2D eigenvalue weighted by Gasteiger charge is -2.11. The van der Waals surface area contributed by atoms with Crippen LogP contribution in [-0.4, -0.2) is 37.5 Å². The number of aromatic nitrogens is 4. The van der Waals surface area contributed by atoms with E-state index in [2.05, 4.69) is 15.5 Å². The standard InChI is InChI=1S/C16H14N6O5/c1-27-13-4-3-11(22(25)26)9-12(13)18-15(23)10-21-16(24)6-5-14(19-21)20-8-2-7-17-20/h2-9H,10H2,1H3,(H,18,23). The van der Waals surface area contributed by atoms with Gasteiger partial charge in [-0.2, -0.15) is 5.10 Å². The molecule has 0 fully saturated rings. The van der Waals surface area contributed by atoms with Gasteiger partial charge in [0, 0.05) is 30.6 Å². The summed E-state index contributed by atoms with van der Waals surface area (Å²) in [6.45, 7) is -0.389. The number of methoxy groups -OCH3 is 1.